The zero-order valence-corrected chi connectivity index (χ0v) is 17.6. The van der Waals surface area contributed by atoms with E-state index in [4.69, 9.17) is 31.5 Å². The molecule has 9 nitrogen and oxygen atoms in total. The van der Waals surface area contributed by atoms with E-state index in [0.717, 1.165) is 4.90 Å². The van der Waals surface area contributed by atoms with Gasteiger partial charge in [0, 0.05) is 0 Å². The number of nitrogens with zero attached hydrogens (tertiary/aromatic N) is 1. The van der Waals surface area contributed by atoms with Crippen molar-refractivity contribution in [3.63, 3.8) is 0 Å². The molecule has 2 aromatic carbocycles. The molecule has 10 heteroatoms. The van der Waals surface area contributed by atoms with Crippen LogP contribution < -0.4 is 24.4 Å². The van der Waals surface area contributed by atoms with Gasteiger partial charge in [0.15, 0.2) is 16.6 Å². The van der Waals surface area contributed by atoms with Crippen molar-refractivity contribution in [2.24, 2.45) is 0 Å². The molecule has 1 aliphatic heterocycles. The van der Waals surface area contributed by atoms with E-state index in [0.29, 0.717) is 28.5 Å². The number of hydrogen-bond donors (Lipinski definition) is 2. The van der Waals surface area contributed by atoms with E-state index in [-0.39, 0.29) is 16.2 Å². The minimum absolute atomic E-state index is 0.0522. The molecule has 0 bridgehead atoms. The van der Waals surface area contributed by atoms with Gasteiger partial charge in [-0.05, 0) is 60.3 Å². The second-order valence-corrected chi connectivity index (χ2v) is 6.66. The quantitative estimate of drug-likeness (QED) is 0.398. The number of methoxy groups -OCH3 is 3. The second-order valence-electron chi connectivity index (χ2n) is 6.27. The number of carboxylic acids is 1. The molecular formula is C21H18N2O7S. The maximum Gasteiger partial charge on any atom is 0.335 e. The van der Waals surface area contributed by atoms with Crippen molar-refractivity contribution in [2.75, 3.05) is 26.2 Å². The third kappa shape index (κ3) is 4.19. The highest BCUT2D eigenvalue weighted by Gasteiger charge is 2.34. The first-order valence-electron chi connectivity index (χ1n) is 8.85. The van der Waals surface area contributed by atoms with Crippen LogP contribution in [0.2, 0.25) is 0 Å². The zero-order valence-electron chi connectivity index (χ0n) is 16.8. The maximum absolute atomic E-state index is 13.1. The minimum atomic E-state index is -1.10. The van der Waals surface area contributed by atoms with Gasteiger partial charge in [-0.15, -0.1) is 0 Å². The monoisotopic (exact) mass is 442 g/mol. The van der Waals surface area contributed by atoms with Gasteiger partial charge in [0.2, 0.25) is 5.75 Å². The molecule has 3 rings (SSSR count). The molecule has 1 saturated heterocycles. The lowest BCUT2D eigenvalue weighted by atomic mass is 10.1. The van der Waals surface area contributed by atoms with Crippen molar-refractivity contribution >= 4 is 46.9 Å². The highest BCUT2D eigenvalue weighted by molar-refractivity contribution is 7.80. The Labute approximate surface area is 182 Å². The van der Waals surface area contributed by atoms with Crippen molar-refractivity contribution in [3.8, 4) is 17.2 Å². The van der Waals surface area contributed by atoms with E-state index in [2.05, 4.69) is 5.32 Å². The molecule has 31 heavy (non-hydrogen) atoms. The van der Waals surface area contributed by atoms with Crippen LogP contribution in [0.1, 0.15) is 15.9 Å². The lowest BCUT2D eigenvalue weighted by Crippen LogP contribution is -2.54. The molecule has 0 aromatic heterocycles. The van der Waals surface area contributed by atoms with Crippen LogP contribution in [-0.4, -0.2) is 49.3 Å². The Morgan fingerprint density at radius 2 is 1.61 bits per heavy atom. The summed E-state index contributed by atoms with van der Waals surface area (Å²) < 4.78 is 15.9. The number of thiocarbonyl (C=S) groups is 1. The lowest BCUT2D eigenvalue weighted by Gasteiger charge is -2.29. The van der Waals surface area contributed by atoms with Crippen molar-refractivity contribution in [1.82, 2.24) is 5.32 Å². The lowest BCUT2D eigenvalue weighted by molar-refractivity contribution is -0.122. The molecule has 0 aliphatic carbocycles. The van der Waals surface area contributed by atoms with Crippen LogP contribution in [0, 0.1) is 0 Å². The fourth-order valence-corrected chi connectivity index (χ4v) is 3.28. The van der Waals surface area contributed by atoms with Crippen molar-refractivity contribution < 1.29 is 33.7 Å². The Balaban J connectivity index is 2.04. The number of anilines is 1. The van der Waals surface area contributed by atoms with E-state index in [9.17, 15) is 14.4 Å². The Bertz CT molecular complexity index is 1080. The average molecular weight is 442 g/mol. The van der Waals surface area contributed by atoms with Crippen LogP contribution in [0.25, 0.3) is 6.08 Å². The number of benzene rings is 2. The fraction of sp³-hybridized carbons (Fsp3) is 0.143. The first-order valence-corrected chi connectivity index (χ1v) is 9.26. The van der Waals surface area contributed by atoms with Crippen molar-refractivity contribution in [2.45, 2.75) is 0 Å². The molecule has 160 valence electrons. The summed E-state index contributed by atoms with van der Waals surface area (Å²) in [7, 11) is 4.37. The Morgan fingerprint density at radius 1 is 1.03 bits per heavy atom. The molecule has 1 fully saturated rings. The largest absolute Gasteiger partial charge is 0.493 e. The topological polar surface area (TPSA) is 114 Å². The van der Waals surface area contributed by atoms with Gasteiger partial charge in [-0.25, -0.2) is 4.79 Å². The summed E-state index contributed by atoms with van der Waals surface area (Å²) in [5.41, 5.74) is 0.652. The number of carboxylic acid groups (broad SMARTS) is 1. The van der Waals surface area contributed by atoms with E-state index in [1.54, 1.807) is 12.1 Å². The summed E-state index contributed by atoms with van der Waals surface area (Å²) in [5.74, 6) is -1.35. The van der Waals surface area contributed by atoms with Gasteiger partial charge in [0.05, 0.1) is 32.6 Å². The molecule has 2 N–H and O–H groups in total. The van der Waals surface area contributed by atoms with Gasteiger partial charge in [0.25, 0.3) is 11.8 Å². The van der Waals surface area contributed by atoms with Crippen LogP contribution in [0.3, 0.4) is 0 Å². The number of rotatable bonds is 6. The van der Waals surface area contributed by atoms with E-state index < -0.39 is 17.8 Å². The van der Waals surface area contributed by atoms with E-state index in [1.165, 1.54) is 51.7 Å². The first kappa shape index (κ1) is 21.8. The number of carbonyl (C=O) groups is 3. The van der Waals surface area contributed by atoms with Crippen LogP contribution >= 0.6 is 12.2 Å². The second kappa shape index (κ2) is 8.84. The normalized spacial score (nSPS) is 15.0. The molecule has 0 atom stereocenters. The van der Waals surface area contributed by atoms with Crippen molar-refractivity contribution in [3.05, 3.63) is 53.1 Å². The van der Waals surface area contributed by atoms with Crippen LogP contribution in [-0.2, 0) is 9.59 Å². The molecule has 0 radical (unpaired) electrons. The fourth-order valence-electron chi connectivity index (χ4n) is 3.00. The number of nitrogens with one attached hydrogen (secondary N) is 1. The number of carbonyl (C=O) groups excluding carboxylic acids is 2. The number of aromatic carboxylic acids is 1. The Kier molecular flexibility index (Phi) is 6.21. The van der Waals surface area contributed by atoms with Crippen molar-refractivity contribution in [1.29, 1.82) is 0 Å². The Morgan fingerprint density at radius 3 is 2.10 bits per heavy atom. The predicted molar refractivity (Wildman–Crippen MR) is 116 cm³/mol. The molecular weight excluding hydrogens is 424 g/mol. The van der Waals surface area contributed by atoms with Gasteiger partial charge in [-0.3, -0.25) is 19.8 Å². The van der Waals surface area contributed by atoms with E-state index in [1.807, 2.05) is 0 Å². The summed E-state index contributed by atoms with van der Waals surface area (Å²) in [6.45, 7) is 0. The number of ether oxygens (including phenoxy) is 3. The first-order chi connectivity index (χ1) is 14.8. The summed E-state index contributed by atoms with van der Waals surface area (Å²) in [6.07, 6.45) is 1.38. The number of amides is 2. The molecule has 0 saturated carbocycles. The highest BCUT2D eigenvalue weighted by atomic mass is 32.1. The smallest absolute Gasteiger partial charge is 0.335 e. The molecule has 1 aliphatic rings. The predicted octanol–water partition coefficient (Wildman–Crippen LogP) is 2.24. The van der Waals surface area contributed by atoms with Gasteiger partial charge < -0.3 is 19.3 Å². The van der Waals surface area contributed by atoms with E-state index >= 15 is 0 Å². The maximum atomic E-state index is 13.1. The van der Waals surface area contributed by atoms with Gasteiger partial charge in [-0.1, -0.05) is 0 Å². The third-order valence-corrected chi connectivity index (χ3v) is 4.76. The summed E-state index contributed by atoms with van der Waals surface area (Å²) >= 11 is 5.15. The molecule has 0 unspecified atom stereocenters. The minimum Gasteiger partial charge on any atom is -0.493 e. The molecule has 0 spiro atoms. The van der Waals surface area contributed by atoms with Gasteiger partial charge >= 0.3 is 5.97 Å². The summed E-state index contributed by atoms with van der Waals surface area (Å²) in [4.78, 5) is 37.8. The number of hydrogen-bond acceptors (Lipinski definition) is 7. The molecule has 2 amide bonds. The zero-order chi connectivity index (χ0) is 22.7. The van der Waals surface area contributed by atoms with Crippen LogP contribution in [0.5, 0.6) is 17.2 Å². The van der Waals surface area contributed by atoms with Gasteiger partial charge in [0.1, 0.15) is 5.57 Å². The molecule has 2 aromatic rings. The standard InChI is InChI=1S/C21H18N2O7S/c1-28-15-9-11(10-16(29-2)17(15)30-3)8-14-18(24)22-21(31)23(19(14)25)13-6-4-12(5-7-13)20(26)27/h4-10H,1-3H3,(H,26,27)(H,22,24,31)/b14-8+. The average Bonchev–Trinajstić information content (AvgIpc) is 2.76. The summed E-state index contributed by atoms with van der Waals surface area (Å²) in [5, 5.41) is 11.4. The van der Waals surface area contributed by atoms with Gasteiger partial charge in [-0.2, -0.15) is 0 Å². The molecule has 1 heterocycles. The highest BCUT2D eigenvalue weighted by Crippen LogP contribution is 2.39. The third-order valence-electron chi connectivity index (χ3n) is 4.47. The summed E-state index contributed by atoms with van der Waals surface area (Å²) in [6, 6.07) is 8.73. The Hall–Kier alpha value is -3.92. The van der Waals surface area contributed by atoms with Crippen LogP contribution in [0.4, 0.5) is 5.69 Å². The SMILES string of the molecule is COc1cc(/C=C2\C(=O)NC(=S)N(c3ccc(C(=O)O)cc3)C2=O)cc(OC)c1OC. The van der Waals surface area contributed by atoms with Crippen LogP contribution in [0.15, 0.2) is 42.0 Å².